The molecule has 0 amide bonds. The Morgan fingerprint density at radius 2 is 1.14 bits per heavy atom. The van der Waals surface area contributed by atoms with E-state index in [9.17, 15) is 0 Å². The highest BCUT2D eigenvalue weighted by Gasteiger charge is 2.39. The summed E-state index contributed by atoms with van der Waals surface area (Å²) >= 11 is 0. The fourth-order valence-corrected chi connectivity index (χ4v) is 14.5. The second-order valence-corrected chi connectivity index (χ2v) is 28.4. The number of benzene rings is 10. The second kappa shape index (κ2) is 19.9. The lowest BCUT2D eigenvalue weighted by Gasteiger charge is -2.42. The Morgan fingerprint density at radius 3 is 1.89 bits per heavy atom. The summed E-state index contributed by atoms with van der Waals surface area (Å²) in [5.41, 5.74) is 18.7. The number of nitrogens with zero attached hydrogens (tertiary/aromatic N) is 4. The standard InChI is InChI=1S/C84H74N4O2/c1-50-21-19-22-51(2)78(50)53-40-64(52-31-34-76-67(39-52)63-28-16-18-30-75(63)90-76)79-68(41-53)66-48-71-70(83(9,10)36-37-84(71,11)12)47-65(66)59-25-13-14-26-60(59)69-42-55(82(6,7)8)43-74-80(69)87(79)49-86(74)56-23-20-24-57(45-56)89-58-32-33-62-61-27-15-17-29-72(61)88(73(62)46-58)77-44-54(35-38-85-77)81(3,4)5/h13-35,38-48H,36-37H2,1-12H3/i1D3,2D3. The van der Waals surface area contributed by atoms with E-state index in [1.54, 1.807) is 18.2 Å². The summed E-state index contributed by atoms with van der Waals surface area (Å²) in [6.07, 6.45) is 7.94. The lowest BCUT2D eigenvalue weighted by molar-refractivity contribution is -0.570. The highest BCUT2D eigenvalue weighted by Crippen LogP contribution is 2.54. The van der Waals surface area contributed by atoms with E-state index in [1.807, 2.05) is 54.7 Å². The summed E-state index contributed by atoms with van der Waals surface area (Å²) in [7, 11) is 0. The minimum atomic E-state index is -2.69. The van der Waals surface area contributed by atoms with Crippen molar-refractivity contribution in [2.24, 2.45) is 0 Å². The fraction of sp³-hybridized carbons (Fsp3) is 0.214. The summed E-state index contributed by atoms with van der Waals surface area (Å²) in [4.78, 5) is 4.96. The van der Waals surface area contributed by atoms with Gasteiger partial charge in [0.1, 0.15) is 28.5 Å². The highest BCUT2D eigenvalue weighted by atomic mass is 16.5. The van der Waals surface area contributed by atoms with Crippen LogP contribution in [0.15, 0.2) is 211 Å². The molecule has 0 spiro atoms. The first-order valence-corrected chi connectivity index (χ1v) is 31.5. The van der Waals surface area contributed by atoms with Gasteiger partial charge in [0.25, 0.3) is 6.33 Å². The van der Waals surface area contributed by atoms with Gasteiger partial charge in [-0.25, -0.2) is 4.98 Å². The number of furan rings is 1. The first-order valence-electron chi connectivity index (χ1n) is 34.5. The molecule has 10 aromatic carbocycles. The molecule has 14 aromatic rings. The van der Waals surface area contributed by atoms with E-state index in [-0.39, 0.29) is 38.4 Å². The van der Waals surface area contributed by atoms with Crippen molar-refractivity contribution in [3.05, 3.63) is 246 Å². The van der Waals surface area contributed by atoms with Crippen molar-refractivity contribution in [2.45, 2.75) is 117 Å². The van der Waals surface area contributed by atoms with Gasteiger partial charge in [0, 0.05) is 42.0 Å². The zero-order valence-corrected chi connectivity index (χ0v) is 52.6. The molecule has 1 aliphatic heterocycles. The number of para-hydroxylation sites is 2. The summed E-state index contributed by atoms with van der Waals surface area (Å²) in [5.74, 6) is 2.12. The third-order valence-electron chi connectivity index (χ3n) is 19.6. The van der Waals surface area contributed by atoms with Crippen LogP contribution in [0, 0.1) is 20.0 Å². The van der Waals surface area contributed by atoms with Crippen LogP contribution in [0.1, 0.15) is 124 Å². The van der Waals surface area contributed by atoms with Crippen LogP contribution in [0.25, 0.3) is 128 Å². The van der Waals surface area contributed by atoms with Crippen molar-refractivity contribution in [2.75, 3.05) is 0 Å². The molecule has 2 aliphatic rings. The third-order valence-corrected chi connectivity index (χ3v) is 19.6. The normalized spacial score (nSPS) is 15.6. The van der Waals surface area contributed by atoms with E-state index in [1.165, 1.54) is 16.7 Å². The number of ether oxygens (including phenoxy) is 1. The lowest BCUT2D eigenvalue weighted by atomic mass is 9.62. The van der Waals surface area contributed by atoms with Gasteiger partial charge in [0.15, 0.2) is 0 Å². The average molecular weight is 1180 g/mol. The molecule has 0 saturated carbocycles. The Labute approximate surface area is 536 Å². The molecule has 6 heteroatoms. The number of aromatic nitrogens is 4. The highest BCUT2D eigenvalue weighted by molar-refractivity contribution is 6.10. The van der Waals surface area contributed by atoms with Crippen LogP contribution in [0.2, 0.25) is 0 Å². The maximum Gasteiger partial charge on any atom is 0.269 e. The van der Waals surface area contributed by atoms with E-state index in [2.05, 4.69) is 223 Å². The molecule has 6 nitrogen and oxygen atoms in total. The van der Waals surface area contributed by atoms with Crippen molar-refractivity contribution in [1.29, 1.82) is 0 Å². The van der Waals surface area contributed by atoms with E-state index in [0.717, 1.165) is 129 Å². The zero-order chi connectivity index (χ0) is 66.9. The maximum absolute atomic E-state index is 9.11. The molecule has 4 aromatic heterocycles. The number of pyridine rings is 1. The maximum atomic E-state index is 9.11. The largest absolute Gasteiger partial charge is 0.458 e. The summed E-state index contributed by atoms with van der Waals surface area (Å²) in [5, 5.41) is 4.06. The van der Waals surface area contributed by atoms with E-state index in [4.69, 9.17) is 22.4 Å². The van der Waals surface area contributed by atoms with Crippen molar-refractivity contribution < 1.29 is 21.9 Å². The monoisotopic (exact) mass is 1180 g/mol. The van der Waals surface area contributed by atoms with E-state index >= 15 is 0 Å². The van der Waals surface area contributed by atoms with Crippen LogP contribution in [0.5, 0.6) is 11.5 Å². The van der Waals surface area contributed by atoms with Gasteiger partial charge >= 0.3 is 0 Å². The summed E-state index contributed by atoms with van der Waals surface area (Å²) < 4.78 is 74.9. The van der Waals surface area contributed by atoms with E-state index < -0.39 is 13.7 Å². The SMILES string of the molecule is [2H]C([2H])([2H])c1cccc(C([2H])([2H])[2H])c1-c1cc(-c2ccc3oc4ccccc4c3c2)c2c(c1)-c1cc3c(cc1-c1ccccc1-c1cc(C(C)(C)C)cc4c1[n+]-2[c-]n4-c1cccc(Oc2ccc4c5ccccc5n(-c5cc(C(C)(C)C)ccn5)c4c2)c1)C(C)(C)CCC3(C)C. The van der Waals surface area contributed by atoms with Crippen LogP contribution in [-0.4, -0.2) is 14.1 Å². The number of hydrogen-bond acceptors (Lipinski definition) is 3. The lowest BCUT2D eigenvalue weighted by Crippen LogP contribution is -2.34. The van der Waals surface area contributed by atoms with Gasteiger partial charge in [-0.3, -0.25) is 13.7 Å². The van der Waals surface area contributed by atoms with Crippen LogP contribution >= 0.6 is 0 Å². The molecule has 442 valence electrons. The van der Waals surface area contributed by atoms with Crippen molar-refractivity contribution in [3.63, 3.8) is 0 Å². The average Bonchev–Trinajstić information content (AvgIpc) is 1.32. The van der Waals surface area contributed by atoms with Crippen molar-refractivity contribution in [3.8, 4) is 84.3 Å². The fourth-order valence-electron chi connectivity index (χ4n) is 14.5. The molecule has 0 bridgehead atoms. The Morgan fingerprint density at radius 1 is 0.500 bits per heavy atom. The summed E-state index contributed by atoms with van der Waals surface area (Å²) in [6.45, 7) is 17.5. The van der Waals surface area contributed by atoms with Crippen molar-refractivity contribution >= 4 is 54.8 Å². The predicted molar refractivity (Wildman–Crippen MR) is 372 cm³/mol. The zero-order valence-electron chi connectivity index (χ0n) is 58.6. The minimum absolute atomic E-state index is 0.0413. The molecule has 0 saturated heterocycles. The first kappa shape index (κ1) is 49.1. The van der Waals surface area contributed by atoms with Crippen LogP contribution < -0.4 is 9.30 Å². The number of fused-ring (bicyclic) bond motifs is 14. The molecule has 1 aliphatic carbocycles. The van der Waals surface area contributed by atoms with Crippen LogP contribution in [0.3, 0.4) is 0 Å². The predicted octanol–water partition coefficient (Wildman–Crippen LogP) is 22.1. The number of imidazole rings is 1. The Hall–Kier alpha value is -9.78. The molecule has 0 radical (unpaired) electrons. The number of rotatable bonds is 6. The molecular weight excluding hydrogens is 1100 g/mol. The van der Waals surface area contributed by atoms with Crippen LogP contribution in [0.4, 0.5) is 0 Å². The third kappa shape index (κ3) is 8.80. The van der Waals surface area contributed by atoms with Gasteiger partial charge in [0.2, 0.25) is 0 Å². The second-order valence-electron chi connectivity index (χ2n) is 28.4. The Bertz CT molecular complexity index is 5550. The number of aryl methyl sites for hydroxylation is 2. The Kier molecular flexibility index (Phi) is 10.8. The molecule has 5 heterocycles. The van der Waals surface area contributed by atoms with Gasteiger partial charge in [-0.15, -0.1) is 0 Å². The van der Waals surface area contributed by atoms with Gasteiger partial charge in [-0.2, -0.15) is 0 Å². The minimum Gasteiger partial charge on any atom is -0.458 e. The molecule has 16 rings (SSSR count). The molecule has 0 atom stereocenters. The van der Waals surface area contributed by atoms with E-state index in [0.29, 0.717) is 22.6 Å². The first-order chi connectivity index (χ1) is 45.6. The Balaban J connectivity index is 1.01. The summed E-state index contributed by atoms with van der Waals surface area (Å²) in [6, 6.07) is 68.5. The molecule has 0 fully saturated rings. The number of hydrogen-bond donors (Lipinski definition) is 0. The molecule has 0 N–H and O–H groups in total. The quantitative estimate of drug-likeness (QED) is 0.123. The molecule has 90 heavy (non-hydrogen) atoms. The molecular formula is C84H74N4O2. The van der Waals surface area contributed by atoms with Crippen molar-refractivity contribution in [1.82, 2.24) is 14.1 Å². The van der Waals surface area contributed by atoms with Gasteiger partial charge in [-0.1, -0.05) is 172 Å². The van der Waals surface area contributed by atoms with Gasteiger partial charge < -0.3 is 9.15 Å². The molecule has 0 unspecified atom stereocenters. The van der Waals surface area contributed by atoms with Gasteiger partial charge in [0.05, 0.1) is 33.4 Å². The smallest absolute Gasteiger partial charge is 0.269 e. The van der Waals surface area contributed by atoms with Crippen LogP contribution in [-0.2, 0) is 21.7 Å². The topological polar surface area (TPSA) is 49.0 Å². The van der Waals surface area contributed by atoms with Gasteiger partial charge in [-0.05, 0) is 228 Å².